The smallest absolute Gasteiger partial charge is 0.161 e. The maximum absolute atomic E-state index is 10.5. The van der Waals surface area contributed by atoms with Crippen molar-refractivity contribution >= 4 is 35.0 Å². The van der Waals surface area contributed by atoms with E-state index >= 15 is 0 Å². The van der Waals surface area contributed by atoms with Gasteiger partial charge in [0.15, 0.2) is 11.5 Å². The van der Waals surface area contributed by atoms with Gasteiger partial charge in [-0.3, -0.25) is 4.99 Å². The van der Waals surface area contributed by atoms with E-state index < -0.39 is 0 Å². The summed E-state index contributed by atoms with van der Waals surface area (Å²) in [6, 6.07) is 7.28. The Kier molecular flexibility index (Phi) is 5.90. The first-order chi connectivity index (χ1) is 12.5. The lowest BCUT2D eigenvalue weighted by atomic mass is 9.89. The number of rotatable bonds is 5. The lowest BCUT2D eigenvalue weighted by Gasteiger charge is -2.21. The molecule has 1 heterocycles. The van der Waals surface area contributed by atoms with Gasteiger partial charge in [-0.2, -0.15) is 0 Å². The number of aromatic hydroxyl groups is 1. The van der Waals surface area contributed by atoms with Crippen molar-refractivity contribution in [3.05, 3.63) is 62.6 Å². The molecule has 0 saturated heterocycles. The second kappa shape index (κ2) is 8.15. The molecule has 136 valence electrons. The predicted octanol–water partition coefficient (Wildman–Crippen LogP) is 5.72. The predicted molar refractivity (Wildman–Crippen MR) is 109 cm³/mol. The van der Waals surface area contributed by atoms with Crippen molar-refractivity contribution in [2.75, 3.05) is 13.7 Å². The molecule has 3 nitrogen and oxygen atoms in total. The highest BCUT2D eigenvalue weighted by Crippen LogP contribution is 2.38. The van der Waals surface area contributed by atoms with Crippen molar-refractivity contribution in [1.29, 1.82) is 0 Å². The number of phenolic OH excluding ortho intramolecular Hbond substituents is 1. The standard InChI is InChI=1S/C21H21Cl2NO2/c1-3-4-16-15-9-10-24-19(17(15)12-20(26-2)21(16)25)8-6-13-5-7-14(22)11-18(13)23/h5-8,11-12,25H,3-4,9-10H2,1-2H3. The van der Waals surface area contributed by atoms with Gasteiger partial charge < -0.3 is 9.84 Å². The van der Waals surface area contributed by atoms with Gasteiger partial charge in [-0.1, -0.05) is 48.7 Å². The van der Waals surface area contributed by atoms with E-state index in [4.69, 9.17) is 27.9 Å². The molecule has 0 spiro atoms. The van der Waals surface area contributed by atoms with Crippen LogP contribution in [0.4, 0.5) is 0 Å². The Morgan fingerprint density at radius 1 is 1.23 bits per heavy atom. The maximum Gasteiger partial charge on any atom is 0.161 e. The first-order valence-corrected chi connectivity index (χ1v) is 9.40. The summed E-state index contributed by atoms with van der Waals surface area (Å²) in [5.41, 5.74) is 4.88. The molecule has 0 amide bonds. The van der Waals surface area contributed by atoms with Crippen molar-refractivity contribution in [1.82, 2.24) is 0 Å². The first kappa shape index (κ1) is 18.8. The summed E-state index contributed by atoms with van der Waals surface area (Å²) in [5.74, 6) is 0.735. The normalized spacial score (nSPS) is 13.6. The Bertz CT molecular complexity index is 888. The molecular formula is C21H21Cl2NO2. The van der Waals surface area contributed by atoms with Crippen LogP contribution in [0.15, 0.2) is 35.3 Å². The Hall–Kier alpha value is -1.97. The molecule has 2 aromatic rings. The van der Waals surface area contributed by atoms with Crippen LogP contribution in [-0.2, 0) is 12.8 Å². The number of benzene rings is 2. The zero-order valence-corrected chi connectivity index (χ0v) is 16.4. The molecule has 0 fully saturated rings. The third kappa shape index (κ3) is 3.74. The summed E-state index contributed by atoms with van der Waals surface area (Å²) in [6.07, 6.45) is 6.48. The van der Waals surface area contributed by atoms with Crippen molar-refractivity contribution in [3.63, 3.8) is 0 Å². The number of hydrogen-bond acceptors (Lipinski definition) is 3. The van der Waals surface area contributed by atoms with E-state index in [-0.39, 0.29) is 5.75 Å². The lowest BCUT2D eigenvalue weighted by Crippen LogP contribution is -2.14. The topological polar surface area (TPSA) is 41.8 Å². The van der Waals surface area contributed by atoms with Crippen LogP contribution >= 0.6 is 23.2 Å². The molecule has 5 heteroatoms. The summed E-state index contributed by atoms with van der Waals surface area (Å²) in [7, 11) is 1.57. The van der Waals surface area contributed by atoms with Crippen molar-refractivity contribution in [2.24, 2.45) is 4.99 Å². The Balaban J connectivity index is 2.03. The molecule has 26 heavy (non-hydrogen) atoms. The number of nitrogens with zero attached hydrogens (tertiary/aromatic N) is 1. The van der Waals surface area contributed by atoms with E-state index in [1.807, 2.05) is 30.4 Å². The Labute approximate surface area is 163 Å². The van der Waals surface area contributed by atoms with Crippen LogP contribution in [0.25, 0.3) is 6.08 Å². The fraction of sp³-hybridized carbons (Fsp3) is 0.286. The van der Waals surface area contributed by atoms with Gasteiger partial charge in [0.25, 0.3) is 0 Å². The van der Waals surface area contributed by atoms with Crippen LogP contribution in [0.2, 0.25) is 10.0 Å². The third-order valence-corrected chi connectivity index (χ3v) is 5.07. The van der Waals surface area contributed by atoms with Crippen LogP contribution in [0.1, 0.15) is 35.6 Å². The maximum atomic E-state index is 10.5. The number of fused-ring (bicyclic) bond motifs is 1. The number of phenols is 1. The second-order valence-electron chi connectivity index (χ2n) is 6.20. The van der Waals surface area contributed by atoms with Crippen molar-refractivity contribution in [3.8, 4) is 11.5 Å². The molecule has 0 bridgehead atoms. The van der Waals surface area contributed by atoms with Gasteiger partial charge in [-0.05, 0) is 48.2 Å². The van der Waals surface area contributed by atoms with E-state index in [0.717, 1.165) is 47.2 Å². The summed E-state index contributed by atoms with van der Waals surface area (Å²) >= 11 is 12.2. The van der Waals surface area contributed by atoms with Gasteiger partial charge in [-0.15, -0.1) is 0 Å². The molecular weight excluding hydrogens is 369 g/mol. The largest absolute Gasteiger partial charge is 0.504 e. The molecule has 0 saturated carbocycles. The minimum absolute atomic E-state index is 0.249. The zero-order valence-electron chi connectivity index (χ0n) is 14.9. The fourth-order valence-electron chi connectivity index (χ4n) is 3.25. The third-order valence-electron chi connectivity index (χ3n) is 4.51. The summed E-state index contributed by atoms with van der Waals surface area (Å²) in [6.45, 7) is 2.80. The number of ether oxygens (including phenoxy) is 1. The molecule has 1 aliphatic rings. The first-order valence-electron chi connectivity index (χ1n) is 8.64. The van der Waals surface area contributed by atoms with Gasteiger partial charge in [0.05, 0.1) is 12.8 Å². The second-order valence-corrected chi connectivity index (χ2v) is 7.04. The lowest BCUT2D eigenvalue weighted by molar-refractivity contribution is 0.369. The minimum atomic E-state index is 0.249. The molecule has 3 rings (SSSR count). The van der Waals surface area contributed by atoms with E-state index in [1.54, 1.807) is 13.2 Å². The van der Waals surface area contributed by atoms with Crippen LogP contribution < -0.4 is 4.74 Å². The minimum Gasteiger partial charge on any atom is -0.504 e. The molecule has 2 aromatic carbocycles. The summed E-state index contributed by atoms with van der Waals surface area (Å²) in [4.78, 5) is 4.66. The van der Waals surface area contributed by atoms with Gasteiger partial charge >= 0.3 is 0 Å². The molecule has 1 N–H and O–H groups in total. The number of methoxy groups -OCH3 is 1. The average molecular weight is 390 g/mol. The molecule has 0 aromatic heterocycles. The number of halogens is 2. The van der Waals surface area contributed by atoms with Crippen LogP contribution in [0.5, 0.6) is 11.5 Å². The highest BCUT2D eigenvalue weighted by molar-refractivity contribution is 6.35. The fourth-order valence-corrected chi connectivity index (χ4v) is 3.72. The molecule has 0 unspecified atom stereocenters. The quantitative estimate of drug-likeness (QED) is 0.710. The molecule has 0 aliphatic carbocycles. The number of aliphatic imine (C=N–C) groups is 1. The Morgan fingerprint density at radius 2 is 2.04 bits per heavy atom. The van der Waals surface area contributed by atoms with Gasteiger partial charge in [-0.25, -0.2) is 0 Å². The van der Waals surface area contributed by atoms with E-state index in [1.165, 1.54) is 0 Å². The highest BCUT2D eigenvalue weighted by Gasteiger charge is 2.21. The SMILES string of the molecule is CCCc1c(O)c(OC)cc2c1CCN=C2C=Cc1ccc(Cl)cc1Cl. The molecule has 0 radical (unpaired) electrons. The highest BCUT2D eigenvalue weighted by atomic mass is 35.5. The van der Waals surface area contributed by atoms with Gasteiger partial charge in [0.2, 0.25) is 0 Å². The molecule has 1 aliphatic heterocycles. The van der Waals surface area contributed by atoms with Crippen LogP contribution in [0, 0.1) is 0 Å². The van der Waals surface area contributed by atoms with E-state index in [0.29, 0.717) is 22.3 Å². The summed E-state index contributed by atoms with van der Waals surface area (Å²) in [5, 5.41) is 11.7. The van der Waals surface area contributed by atoms with Gasteiger partial charge in [0, 0.05) is 27.7 Å². The van der Waals surface area contributed by atoms with E-state index in [2.05, 4.69) is 11.9 Å². The monoisotopic (exact) mass is 389 g/mol. The van der Waals surface area contributed by atoms with E-state index in [9.17, 15) is 5.11 Å². The van der Waals surface area contributed by atoms with Crippen LogP contribution in [-0.4, -0.2) is 24.5 Å². The van der Waals surface area contributed by atoms with Crippen LogP contribution in [0.3, 0.4) is 0 Å². The van der Waals surface area contributed by atoms with Crippen molar-refractivity contribution in [2.45, 2.75) is 26.2 Å². The molecule has 0 atom stereocenters. The number of allylic oxidation sites excluding steroid dienone is 1. The zero-order chi connectivity index (χ0) is 18.7. The number of hydrogen-bond donors (Lipinski definition) is 1. The summed E-state index contributed by atoms with van der Waals surface area (Å²) < 4.78 is 5.38. The van der Waals surface area contributed by atoms with Gasteiger partial charge in [0.1, 0.15) is 0 Å². The average Bonchev–Trinajstić information content (AvgIpc) is 2.63. The van der Waals surface area contributed by atoms with Crippen molar-refractivity contribution < 1.29 is 9.84 Å². The Morgan fingerprint density at radius 3 is 2.73 bits per heavy atom.